The predicted octanol–water partition coefficient (Wildman–Crippen LogP) is 18.9. The van der Waals surface area contributed by atoms with Crippen molar-refractivity contribution in [3.8, 4) is 0 Å². The second-order valence-electron chi connectivity index (χ2n) is 21.0. The number of rotatable bonds is 57. The molecule has 0 aliphatic carbocycles. The van der Waals surface area contributed by atoms with Crippen LogP contribution in [-0.4, -0.2) is 47.4 Å². The molecule has 398 valence electrons. The summed E-state index contributed by atoms with van der Waals surface area (Å²) in [5.74, 6) is -0.0234. The third-order valence-corrected chi connectivity index (χ3v) is 14.3. The minimum atomic E-state index is -0.659. The average Bonchev–Trinajstić information content (AvgIpc) is 3.33. The summed E-state index contributed by atoms with van der Waals surface area (Å²) < 4.78 is 5.47. The number of hydrogen-bond acceptors (Lipinski definition) is 5. The number of ether oxygens (including phenoxy) is 1. The Morgan fingerprint density at radius 3 is 1.07 bits per heavy atom. The molecule has 0 fully saturated rings. The van der Waals surface area contributed by atoms with Gasteiger partial charge in [0.15, 0.2) is 0 Å². The van der Waals surface area contributed by atoms with Gasteiger partial charge in [0.1, 0.15) is 0 Å². The Morgan fingerprint density at radius 2 is 0.701 bits per heavy atom. The van der Waals surface area contributed by atoms with Crippen LogP contribution in [0.2, 0.25) is 0 Å². The molecule has 0 saturated heterocycles. The standard InChI is InChI=1S/C61H119NO5/c1-3-5-7-9-11-13-15-31-35-39-43-47-51-55-61(66)67-56-52-48-44-40-36-33-30-28-26-24-22-20-18-16-17-19-21-23-25-27-29-32-34-38-42-46-50-54-60(65)62-58(57-63)59(64)53-49-45-41-37-14-12-10-8-6-4-2/h13,15,58-59,63-64H,3-12,14,16-57H2,1-2H3,(H,62,65)/b15-13-. The van der Waals surface area contributed by atoms with E-state index in [0.29, 0.717) is 25.9 Å². The Bertz CT molecular complexity index is 1000. The molecule has 0 aromatic heterocycles. The lowest BCUT2D eigenvalue weighted by Crippen LogP contribution is -2.45. The molecule has 3 N–H and O–H groups in total. The lowest BCUT2D eigenvalue weighted by atomic mass is 10.0. The Kier molecular flexibility index (Phi) is 56.0. The molecule has 67 heavy (non-hydrogen) atoms. The molecule has 2 unspecified atom stereocenters. The summed E-state index contributed by atoms with van der Waals surface area (Å²) in [6.45, 7) is 4.94. The number of esters is 1. The first-order chi connectivity index (χ1) is 33.0. The molecule has 0 bridgehead atoms. The van der Waals surface area contributed by atoms with E-state index < -0.39 is 12.1 Å². The molecular weight excluding hydrogens is 827 g/mol. The average molecular weight is 947 g/mol. The predicted molar refractivity (Wildman–Crippen MR) is 292 cm³/mol. The summed E-state index contributed by atoms with van der Waals surface area (Å²) in [6.07, 6.45) is 68.0. The molecule has 0 aliphatic rings. The number of unbranched alkanes of at least 4 members (excludes halogenated alkanes) is 44. The lowest BCUT2D eigenvalue weighted by Gasteiger charge is -2.22. The van der Waals surface area contributed by atoms with Crippen molar-refractivity contribution in [1.29, 1.82) is 0 Å². The van der Waals surface area contributed by atoms with Crippen LogP contribution >= 0.6 is 0 Å². The van der Waals surface area contributed by atoms with Crippen molar-refractivity contribution >= 4 is 11.9 Å². The van der Waals surface area contributed by atoms with Gasteiger partial charge in [0.2, 0.25) is 5.91 Å². The molecule has 1 amide bonds. The van der Waals surface area contributed by atoms with Crippen molar-refractivity contribution in [2.45, 2.75) is 353 Å². The van der Waals surface area contributed by atoms with Gasteiger partial charge < -0.3 is 20.3 Å². The van der Waals surface area contributed by atoms with Crippen LogP contribution in [-0.2, 0) is 14.3 Å². The van der Waals surface area contributed by atoms with Crippen molar-refractivity contribution in [1.82, 2.24) is 5.32 Å². The van der Waals surface area contributed by atoms with Crippen molar-refractivity contribution in [2.24, 2.45) is 0 Å². The van der Waals surface area contributed by atoms with Gasteiger partial charge in [-0.3, -0.25) is 9.59 Å². The van der Waals surface area contributed by atoms with Crippen LogP contribution in [0.3, 0.4) is 0 Å². The molecule has 6 nitrogen and oxygen atoms in total. The number of amides is 1. The molecule has 0 heterocycles. The van der Waals surface area contributed by atoms with Gasteiger partial charge >= 0.3 is 5.97 Å². The molecule has 0 aromatic rings. The molecule has 0 aromatic carbocycles. The number of allylic oxidation sites excluding steroid dienone is 2. The van der Waals surface area contributed by atoms with Crippen molar-refractivity contribution in [3.63, 3.8) is 0 Å². The highest BCUT2D eigenvalue weighted by molar-refractivity contribution is 5.76. The van der Waals surface area contributed by atoms with Crippen LogP contribution in [0.5, 0.6) is 0 Å². The first-order valence-electron chi connectivity index (χ1n) is 30.4. The van der Waals surface area contributed by atoms with Crippen LogP contribution < -0.4 is 5.32 Å². The lowest BCUT2D eigenvalue weighted by molar-refractivity contribution is -0.143. The number of aliphatic hydroxyl groups excluding tert-OH is 2. The second-order valence-corrected chi connectivity index (χ2v) is 21.0. The summed E-state index contributed by atoms with van der Waals surface area (Å²) in [5, 5.41) is 23.2. The van der Waals surface area contributed by atoms with Crippen LogP contribution in [0, 0.1) is 0 Å². The highest BCUT2D eigenvalue weighted by Crippen LogP contribution is 2.18. The third kappa shape index (κ3) is 53.8. The summed E-state index contributed by atoms with van der Waals surface area (Å²) >= 11 is 0. The molecule has 0 radical (unpaired) electrons. The van der Waals surface area contributed by atoms with Gasteiger partial charge in [-0.05, 0) is 51.4 Å². The van der Waals surface area contributed by atoms with Crippen LogP contribution in [0.1, 0.15) is 341 Å². The fourth-order valence-electron chi connectivity index (χ4n) is 9.64. The second kappa shape index (κ2) is 57.2. The highest BCUT2D eigenvalue weighted by Gasteiger charge is 2.20. The zero-order valence-corrected chi connectivity index (χ0v) is 45.4. The monoisotopic (exact) mass is 946 g/mol. The molecule has 6 heteroatoms. The number of aliphatic hydroxyl groups is 2. The minimum absolute atomic E-state index is 0.00910. The van der Waals surface area contributed by atoms with Gasteiger partial charge in [0.05, 0.1) is 25.4 Å². The van der Waals surface area contributed by atoms with Gasteiger partial charge in [-0.1, -0.05) is 289 Å². The Labute approximate surface area is 419 Å². The molecule has 0 rings (SSSR count). The van der Waals surface area contributed by atoms with Crippen LogP contribution in [0.4, 0.5) is 0 Å². The van der Waals surface area contributed by atoms with E-state index in [0.717, 1.165) is 44.9 Å². The van der Waals surface area contributed by atoms with E-state index in [1.165, 1.54) is 263 Å². The fraction of sp³-hybridized carbons (Fsp3) is 0.934. The maximum atomic E-state index is 12.4. The van der Waals surface area contributed by atoms with Gasteiger partial charge in [-0.25, -0.2) is 0 Å². The van der Waals surface area contributed by atoms with E-state index in [9.17, 15) is 19.8 Å². The van der Waals surface area contributed by atoms with E-state index >= 15 is 0 Å². The quantitative estimate of drug-likeness (QED) is 0.0321. The van der Waals surface area contributed by atoms with Crippen molar-refractivity contribution < 1.29 is 24.5 Å². The van der Waals surface area contributed by atoms with Gasteiger partial charge in [0, 0.05) is 12.8 Å². The largest absolute Gasteiger partial charge is 0.466 e. The van der Waals surface area contributed by atoms with Gasteiger partial charge in [-0.2, -0.15) is 0 Å². The molecular formula is C61H119NO5. The number of carbonyl (C=O) groups is 2. The van der Waals surface area contributed by atoms with Gasteiger partial charge in [0.25, 0.3) is 0 Å². The SMILES string of the molecule is CCCCCC/C=C\CCCCCCCC(=O)OCCCCCCCCCCCCCCCCCCCCCCCCCCCCCC(=O)NC(CO)C(O)CCCCCCCCCCCC. The minimum Gasteiger partial charge on any atom is -0.466 e. The first-order valence-corrected chi connectivity index (χ1v) is 30.4. The van der Waals surface area contributed by atoms with Crippen molar-refractivity contribution in [3.05, 3.63) is 12.2 Å². The number of carbonyl (C=O) groups excluding carboxylic acids is 2. The number of nitrogens with one attached hydrogen (secondary N) is 1. The molecule has 2 atom stereocenters. The third-order valence-electron chi connectivity index (χ3n) is 14.3. The Morgan fingerprint density at radius 1 is 0.403 bits per heavy atom. The smallest absolute Gasteiger partial charge is 0.305 e. The van der Waals surface area contributed by atoms with E-state index in [2.05, 4.69) is 31.3 Å². The molecule has 0 spiro atoms. The van der Waals surface area contributed by atoms with Gasteiger partial charge in [-0.15, -0.1) is 0 Å². The van der Waals surface area contributed by atoms with Crippen LogP contribution in [0.15, 0.2) is 12.2 Å². The maximum absolute atomic E-state index is 12.4. The Balaban J connectivity index is 3.31. The van der Waals surface area contributed by atoms with E-state index in [1.807, 2.05) is 0 Å². The molecule has 0 saturated carbocycles. The van der Waals surface area contributed by atoms with Crippen LogP contribution in [0.25, 0.3) is 0 Å². The van der Waals surface area contributed by atoms with Crippen molar-refractivity contribution in [2.75, 3.05) is 13.2 Å². The van der Waals surface area contributed by atoms with E-state index in [-0.39, 0.29) is 18.5 Å². The van der Waals surface area contributed by atoms with E-state index in [4.69, 9.17) is 4.74 Å². The number of hydrogen-bond donors (Lipinski definition) is 3. The highest BCUT2D eigenvalue weighted by atomic mass is 16.5. The summed E-state index contributed by atoms with van der Waals surface area (Å²) in [5.41, 5.74) is 0. The van der Waals surface area contributed by atoms with E-state index in [1.54, 1.807) is 0 Å². The topological polar surface area (TPSA) is 95.9 Å². The zero-order valence-electron chi connectivity index (χ0n) is 45.4. The first kappa shape index (κ1) is 65.6. The summed E-state index contributed by atoms with van der Waals surface area (Å²) in [7, 11) is 0. The fourth-order valence-corrected chi connectivity index (χ4v) is 9.64. The maximum Gasteiger partial charge on any atom is 0.305 e. The zero-order chi connectivity index (χ0) is 48.6. The summed E-state index contributed by atoms with van der Waals surface area (Å²) in [6, 6.07) is -0.536. The molecule has 0 aliphatic heterocycles. The Hall–Kier alpha value is -1.40. The normalized spacial score (nSPS) is 12.6. The summed E-state index contributed by atoms with van der Waals surface area (Å²) in [4.78, 5) is 24.4.